The first-order valence-electron chi connectivity index (χ1n) is 5.06. The first-order valence-corrected chi connectivity index (χ1v) is 5.06. The standard InChI is InChI=1S/C9H13F3N2O3/c1-6-4-7(15)13-5-8(16)14(6)2-3-17-9(10,11)12/h6H,2-5H2,1H3,(H,13,15). The molecule has 0 bridgehead atoms. The molecule has 98 valence electrons. The number of carbonyl (C=O) groups excluding carboxylic acids is 2. The van der Waals surface area contributed by atoms with Gasteiger partial charge in [0.25, 0.3) is 0 Å². The number of ether oxygens (including phenoxy) is 1. The number of alkyl halides is 3. The van der Waals surface area contributed by atoms with Crippen LogP contribution >= 0.6 is 0 Å². The fourth-order valence-electron chi connectivity index (χ4n) is 1.58. The van der Waals surface area contributed by atoms with E-state index in [4.69, 9.17) is 0 Å². The molecule has 1 aliphatic rings. The van der Waals surface area contributed by atoms with Crippen molar-refractivity contribution in [2.45, 2.75) is 25.7 Å². The lowest BCUT2D eigenvalue weighted by Gasteiger charge is -2.26. The fourth-order valence-corrected chi connectivity index (χ4v) is 1.58. The van der Waals surface area contributed by atoms with Crippen molar-refractivity contribution >= 4 is 11.8 Å². The van der Waals surface area contributed by atoms with Crippen LogP contribution in [0, 0.1) is 0 Å². The lowest BCUT2D eigenvalue weighted by molar-refractivity contribution is -0.325. The summed E-state index contributed by atoms with van der Waals surface area (Å²) in [5.41, 5.74) is 0. The molecule has 17 heavy (non-hydrogen) atoms. The Bertz CT molecular complexity index is 306. The number of amides is 2. The molecule has 1 aliphatic heterocycles. The lowest BCUT2D eigenvalue weighted by atomic mass is 10.2. The third kappa shape index (κ3) is 4.59. The first kappa shape index (κ1) is 13.8. The van der Waals surface area contributed by atoms with Crippen LogP contribution in [0.15, 0.2) is 0 Å². The van der Waals surface area contributed by atoms with Crippen molar-refractivity contribution in [1.82, 2.24) is 10.2 Å². The summed E-state index contributed by atoms with van der Waals surface area (Å²) in [4.78, 5) is 23.8. The van der Waals surface area contributed by atoms with E-state index < -0.39 is 24.9 Å². The third-order valence-corrected chi connectivity index (χ3v) is 2.37. The van der Waals surface area contributed by atoms with Gasteiger partial charge in [0, 0.05) is 19.0 Å². The second kappa shape index (κ2) is 5.35. The molecule has 0 aromatic carbocycles. The summed E-state index contributed by atoms with van der Waals surface area (Å²) in [6, 6.07) is -0.429. The van der Waals surface area contributed by atoms with Gasteiger partial charge in [-0.3, -0.25) is 14.3 Å². The molecule has 0 aromatic heterocycles. The average molecular weight is 254 g/mol. The molecule has 0 aliphatic carbocycles. The van der Waals surface area contributed by atoms with Crippen molar-refractivity contribution in [3.8, 4) is 0 Å². The van der Waals surface area contributed by atoms with Gasteiger partial charge in [-0.15, -0.1) is 13.2 Å². The molecule has 1 fully saturated rings. The van der Waals surface area contributed by atoms with Gasteiger partial charge in [0.2, 0.25) is 11.8 Å². The average Bonchev–Trinajstić information content (AvgIpc) is 2.29. The van der Waals surface area contributed by atoms with E-state index in [1.165, 1.54) is 4.90 Å². The van der Waals surface area contributed by atoms with Crippen LogP contribution < -0.4 is 5.32 Å². The van der Waals surface area contributed by atoms with E-state index in [-0.39, 0.29) is 25.4 Å². The van der Waals surface area contributed by atoms with E-state index in [2.05, 4.69) is 10.1 Å². The van der Waals surface area contributed by atoms with Crippen LogP contribution in [0.3, 0.4) is 0 Å². The summed E-state index contributed by atoms with van der Waals surface area (Å²) in [6.07, 6.45) is -4.62. The minimum absolute atomic E-state index is 0.0811. The minimum Gasteiger partial charge on any atom is -0.347 e. The summed E-state index contributed by atoms with van der Waals surface area (Å²) < 4.78 is 38.9. The Morgan fingerprint density at radius 3 is 2.71 bits per heavy atom. The molecule has 1 atom stereocenters. The summed E-state index contributed by atoms with van der Waals surface area (Å²) >= 11 is 0. The second-order valence-electron chi connectivity index (χ2n) is 3.71. The molecule has 0 saturated carbocycles. The van der Waals surface area contributed by atoms with Crippen LogP contribution in [0.5, 0.6) is 0 Å². The van der Waals surface area contributed by atoms with Gasteiger partial charge in [-0.1, -0.05) is 0 Å². The van der Waals surface area contributed by atoms with Gasteiger partial charge in [0.15, 0.2) is 0 Å². The maximum Gasteiger partial charge on any atom is 0.522 e. The molecule has 0 radical (unpaired) electrons. The molecule has 5 nitrogen and oxygen atoms in total. The smallest absolute Gasteiger partial charge is 0.347 e. The number of hydrogen-bond acceptors (Lipinski definition) is 3. The zero-order chi connectivity index (χ0) is 13.1. The van der Waals surface area contributed by atoms with E-state index in [0.717, 1.165) is 0 Å². The van der Waals surface area contributed by atoms with Crippen LogP contribution in [0.25, 0.3) is 0 Å². The van der Waals surface area contributed by atoms with Crippen LogP contribution in [0.4, 0.5) is 13.2 Å². The predicted octanol–water partition coefficient (Wildman–Crippen LogP) is 0.260. The number of carbonyl (C=O) groups is 2. The maximum absolute atomic E-state index is 11.8. The highest BCUT2D eigenvalue weighted by molar-refractivity contribution is 5.87. The molecule has 2 amide bonds. The Hall–Kier alpha value is -1.31. The molecule has 1 unspecified atom stereocenters. The quantitative estimate of drug-likeness (QED) is 0.786. The largest absolute Gasteiger partial charge is 0.522 e. The van der Waals surface area contributed by atoms with E-state index in [1.54, 1.807) is 6.92 Å². The number of nitrogens with one attached hydrogen (secondary N) is 1. The van der Waals surface area contributed by atoms with Crippen LogP contribution in [0.1, 0.15) is 13.3 Å². The number of nitrogens with zero attached hydrogens (tertiary/aromatic N) is 1. The topological polar surface area (TPSA) is 58.6 Å². The van der Waals surface area contributed by atoms with Gasteiger partial charge in [0.05, 0.1) is 13.2 Å². The number of hydrogen-bond donors (Lipinski definition) is 1. The van der Waals surface area contributed by atoms with Gasteiger partial charge in [-0.25, -0.2) is 0 Å². The minimum atomic E-state index is -4.70. The normalized spacial score (nSPS) is 22.4. The molecule has 1 rings (SSSR count). The maximum atomic E-state index is 11.8. The van der Waals surface area contributed by atoms with Gasteiger partial charge in [-0.2, -0.15) is 0 Å². The molecule has 1 N–H and O–H groups in total. The summed E-state index contributed by atoms with van der Waals surface area (Å²) in [5.74, 6) is -0.695. The Labute approximate surface area is 95.9 Å². The molecule has 0 aromatic rings. The highest BCUT2D eigenvalue weighted by Crippen LogP contribution is 2.16. The molecule has 0 spiro atoms. The fraction of sp³-hybridized carbons (Fsp3) is 0.778. The Kier molecular flexibility index (Phi) is 4.33. The summed E-state index contributed by atoms with van der Waals surface area (Å²) in [7, 11) is 0. The van der Waals surface area contributed by atoms with Gasteiger partial charge in [-0.05, 0) is 6.92 Å². The van der Waals surface area contributed by atoms with Crippen molar-refractivity contribution in [2.75, 3.05) is 19.7 Å². The van der Waals surface area contributed by atoms with Crippen LogP contribution in [-0.2, 0) is 14.3 Å². The van der Waals surface area contributed by atoms with Crippen molar-refractivity contribution < 1.29 is 27.5 Å². The second-order valence-corrected chi connectivity index (χ2v) is 3.71. The van der Waals surface area contributed by atoms with Crippen molar-refractivity contribution in [2.24, 2.45) is 0 Å². The predicted molar refractivity (Wildman–Crippen MR) is 50.8 cm³/mol. The molecular weight excluding hydrogens is 241 g/mol. The van der Waals surface area contributed by atoms with E-state index in [1.807, 2.05) is 0 Å². The third-order valence-electron chi connectivity index (χ3n) is 2.37. The van der Waals surface area contributed by atoms with E-state index >= 15 is 0 Å². The SMILES string of the molecule is CC1CC(=O)NCC(=O)N1CCOC(F)(F)F. The highest BCUT2D eigenvalue weighted by atomic mass is 19.4. The van der Waals surface area contributed by atoms with E-state index in [0.29, 0.717) is 0 Å². The van der Waals surface area contributed by atoms with Gasteiger partial charge in [0.1, 0.15) is 0 Å². The number of rotatable bonds is 3. The zero-order valence-electron chi connectivity index (χ0n) is 9.21. The zero-order valence-corrected chi connectivity index (χ0v) is 9.21. The molecular formula is C9H13F3N2O3. The Morgan fingerprint density at radius 1 is 1.47 bits per heavy atom. The molecule has 8 heteroatoms. The summed E-state index contributed by atoms with van der Waals surface area (Å²) in [6.45, 7) is 0.605. The molecule has 1 saturated heterocycles. The van der Waals surface area contributed by atoms with Gasteiger partial charge < -0.3 is 10.2 Å². The summed E-state index contributed by atoms with van der Waals surface area (Å²) in [5, 5.41) is 2.37. The van der Waals surface area contributed by atoms with Crippen LogP contribution in [-0.4, -0.2) is 48.8 Å². The monoisotopic (exact) mass is 254 g/mol. The van der Waals surface area contributed by atoms with Gasteiger partial charge >= 0.3 is 6.36 Å². The lowest BCUT2D eigenvalue weighted by Crippen LogP contribution is -2.42. The number of halogens is 3. The highest BCUT2D eigenvalue weighted by Gasteiger charge is 2.31. The van der Waals surface area contributed by atoms with Crippen molar-refractivity contribution in [3.05, 3.63) is 0 Å². The van der Waals surface area contributed by atoms with E-state index in [9.17, 15) is 22.8 Å². The van der Waals surface area contributed by atoms with Crippen molar-refractivity contribution in [3.63, 3.8) is 0 Å². The van der Waals surface area contributed by atoms with Crippen LogP contribution in [0.2, 0.25) is 0 Å². The Balaban J connectivity index is 2.49. The first-order chi connectivity index (χ1) is 7.79. The Morgan fingerprint density at radius 2 is 2.12 bits per heavy atom. The van der Waals surface area contributed by atoms with Crippen molar-refractivity contribution in [1.29, 1.82) is 0 Å². The molecule has 1 heterocycles.